The van der Waals surface area contributed by atoms with Crippen molar-refractivity contribution in [3.8, 4) is 11.5 Å². The molecule has 0 spiro atoms. The number of carbonyl (C=O) groups is 2. The molecule has 11 nitrogen and oxygen atoms in total. The predicted molar refractivity (Wildman–Crippen MR) is 132 cm³/mol. The van der Waals surface area contributed by atoms with Gasteiger partial charge in [-0.15, -0.1) is 0 Å². The summed E-state index contributed by atoms with van der Waals surface area (Å²) in [4.78, 5) is 39.7. The lowest BCUT2D eigenvalue weighted by Gasteiger charge is -2.17. The van der Waals surface area contributed by atoms with Gasteiger partial charge in [-0.1, -0.05) is 18.2 Å². The van der Waals surface area contributed by atoms with Crippen molar-refractivity contribution in [1.29, 1.82) is 0 Å². The summed E-state index contributed by atoms with van der Waals surface area (Å²) in [5.74, 6) is -0.478. The number of halogens is 1. The van der Waals surface area contributed by atoms with Crippen molar-refractivity contribution >= 4 is 34.5 Å². The Morgan fingerprint density at radius 3 is 2.73 bits per heavy atom. The Labute approximate surface area is 209 Å². The minimum atomic E-state index is -1.04. The standard InChI is InChI=1S/C25H20FN9O2/c1-25(2)17-19(23(36)29-16-9-11-28-33-16)30-21(31-20(17)32-24(25)37)18-14-7-5-10-27-22(14)35(34-18)12-13-6-3-4-8-15(13)26/h3-11H,12H2,1-2H3,(H2,28,29,33,36)(H,30,31,32,37). The van der Waals surface area contributed by atoms with Crippen molar-refractivity contribution in [3.05, 3.63) is 77.5 Å². The molecule has 184 valence electrons. The molecule has 0 saturated heterocycles. The van der Waals surface area contributed by atoms with Crippen LogP contribution >= 0.6 is 0 Å². The fourth-order valence-electron chi connectivity index (χ4n) is 4.37. The molecule has 0 bridgehead atoms. The van der Waals surface area contributed by atoms with Gasteiger partial charge in [-0.05, 0) is 32.0 Å². The molecular formula is C25H20FN9O2. The van der Waals surface area contributed by atoms with E-state index in [0.29, 0.717) is 33.7 Å². The minimum Gasteiger partial charge on any atom is -0.310 e. The number of hydrogen-bond donors (Lipinski definition) is 3. The van der Waals surface area contributed by atoms with Crippen LogP contribution in [0.15, 0.2) is 54.9 Å². The number of pyridine rings is 1. The second-order valence-electron chi connectivity index (χ2n) is 9.10. The molecule has 0 radical (unpaired) electrons. The number of fused-ring (bicyclic) bond motifs is 2. The zero-order valence-corrected chi connectivity index (χ0v) is 19.8. The van der Waals surface area contributed by atoms with Gasteiger partial charge < -0.3 is 10.6 Å². The minimum absolute atomic E-state index is 0.0265. The highest BCUT2D eigenvalue weighted by Crippen LogP contribution is 2.40. The topological polar surface area (TPSA) is 143 Å². The van der Waals surface area contributed by atoms with Gasteiger partial charge in [-0.2, -0.15) is 10.2 Å². The predicted octanol–water partition coefficient (Wildman–Crippen LogP) is 3.28. The van der Waals surface area contributed by atoms with E-state index in [9.17, 15) is 14.0 Å². The third-order valence-electron chi connectivity index (χ3n) is 6.29. The van der Waals surface area contributed by atoms with E-state index in [1.54, 1.807) is 61.1 Å². The largest absolute Gasteiger partial charge is 0.310 e. The fraction of sp³-hybridized carbons (Fsp3) is 0.160. The maximum atomic E-state index is 14.4. The molecule has 3 N–H and O–H groups in total. The van der Waals surface area contributed by atoms with Crippen molar-refractivity contribution in [3.63, 3.8) is 0 Å². The molecule has 12 heteroatoms. The van der Waals surface area contributed by atoms with Gasteiger partial charge in [0.15, 0.2) is 11.5 Å². The number of rotatable bonds is 5. The smallest absolute Gasteiger partial charge is 0.275 e. The molecule has 0 atom stereocenters. The second-order valence-corrected chi connectivity index (χ2v) is 9.10. The van der Waals surface area contributed by atoms with Crippen LogP contribution in [0.5, 0.6) is 0 Å². The Hall–Kier alpha value is -5.00. The van der Waals surface area contributed by atoms with Gasteiger partial charge in [0, 0.05) is 23.4 Å². The SMILES string of the molecule is CC1(C)C(=O)Nc2nc(-c3nn(Cc4ccccc4F)c4ncccc34)nc(C(=O)Nc3ccn[nH]3)c21. The highest BCUT2D eigenvalue weighted by atomic mass is 19.1. The van der Waals surface area contributed by atoms with Gasteiger partial charge in [0.25, 0.3) is 5.91 Å². The number of amides is 2. The van der Waals surface area contributed by atoms with Gasteiger partial charge in [0.1, 0.15) is 28.8 Å². The third kappa shape index (κ3) is 3.69. The molecule has 0 aliphatic carbocycles. The van der Waals surface area contributed by atoms with E-state index in [4.69, 9.17) is 0 Å². The van der Waals surface area contributed by atoms with Crippen LogP contribution in [-0.2, 0) is 16.8 Å². The molecule has 0 fully saturated rings. The number of nitrogens with zero attached hydrogens (tertiary/aromatic N) is 6. The fourth-order valence-corrected chi connectivity index (χ4v) is 4.37. The van der Waals surface area contributed by atoms with E-state index in [1.165, 1.54) is 12.3 Å². The first-order chi connectivity index (χ1) is 17.8. The number of anilines is 2. The van der Waals surface area contributed by atoms with Crippen molar-refractivity contribution < 1.29 is 14.0 Å². The lowest BCUT2D eigenvalue weighted by Crippen LogP contribution is -2.29. The molecular weight excluding hydrogens is 477 g/mol. The molecule has 1 aromatic carbocycles. The molecule has 0 saturated carbocycles. The lowest BCUT2D eigenvalue weighted by molar-refractivity contribution is -0.119. The van der Waals surface area contributed by atoms with Gasteiger partial charge in [0.2, 0.25) is 5.91 Å². The molecule has 0 unspecified atom stereocenters. The number of nitrogens with one attached hydrogen (secondary N) is 3. The number of benzene rings is 1. The number of aromatic amines is 1. The number of carbonyl (C=O) groups excluding carboxylic acids is 2. The van der Waals surface area contributed by atoms with Crippen molar-refractivity contribution in [2.24, 2.45) is 0 Å². The number of hydrogen-bond acceptors (Lipinski definition) is 7. The van der Waals surface area contributed by atoms with Crippen molar-refractivity contribution in [2.45, 2.75) is 25.8 Å². The van der Waals surface area contributed by atoms with E-state index in [-0.39, 0.29) is 35.6 Å². The molecule has 5 aromatic rings. The summed E-state index contributed by atoms with van der Waals surface area (Å²) in [6.45, 7) is 3.53. The molecule has 37 heavy (non-hydrogen) atoms. The number of aromatic nitrogens is 7. The van der Waals surface area contributed by atoms with E-state index in [2.05, 4.69) is 40.9 Å². The van der Waals surface area contributed by atoms with Crippen LogP contribution in [0.1, 0.15) is 35.5 Å². The highest BCUT2D eigenvalue weighted by molar-refractivity contribution is 6.12. The van der Waals surface area contributed by atoms with Gasteiger partial charge in [0.05, 0.1) is 23.5 Å². The van der Waals surface area contributed by atoms with Crippen LogP contribution in [0.2, 0.25) is 0 Å². The van der Waals surface area contributed by atoms with Gasteiger partial charge in [-0.3, -0.25) is 14.7 Å². The monoisotopic (exact) mass is 497 g/mol. The molecule has 2 amide bonds. The molecule has 1 aliphatic heterocycles. The molecule has 4 aromatic heterocycles. The normalized spacial score (nSPS) is 14.0. The van der Waals surface area contributed by atoms with E-state index in [1.807, 2.05) is 0 Å². The Morgan fingerprint density at radius 2 is 1.95 bits per heavy atom. The maximum absolute atomic E-state index is 14.4. The van der Waals surface area contributed by atoms with E-state index < -0.39 is 11.3 Å². The molecule has 6 rings (SSSR count). The summed E-state index contributed by atoms with van der Waals surface area (Å²) in [7, 11) is 0. The first-order valence-electron chi connectivity index (χ1n) is 11.4. The Morgan fingerprint density at radius 1 is 1.11 bits per heavy atom. The quantitative estimate of drug-likeness (QED) is 0.338. The van der Waals surface area contributed by atoms with Crippen LogP contribution in [0, 0.1) is 5.82 Å². The van der Waals surface area contributed by atoms with E-state index in [0.717, 1.165) is 0 Å². The zero-order chi connectivity index (χ0) is 25.7. The average Bonchev–Trinajstić information content (AvgIpc) is 3.58. The summed E-state index contributed by atoms with van der Waals surface area (Å²) in [6.07, 6.45) is 3.11. The number of H-pyrrole nitrogens is 1. The summed E-state index contributed by atoms with van der Waals surface area (Å²) in [6, 6.07) is 11.6. The molecule has 1 aliphatic rings. The summed E-state index contributed by atoms with van der Waals surface area (Å²) in [5.41, 5.74) is 0.648. The van der Waals surface area contributed by atoms with E-state index >= 15 is 0 Å². The second kappa shape index (κ2) is 8.29. The Kier molecular flexibility index (Phi) is 5.04. The van der Waals surface area contributed by atoms with Gasteiger partial charge in [-0.25, -0.2) is 24.0 Å². The summed E-state index contributed by atoms with van der Waals surface area (Å²) < 4.78 is 15.9. The Balaban J connectivity index is 1.51. The summed E-state index contributed by atoms with van der Waals surface area (Å²) in [5, 5.41) is 17.3. The van der Waals surface area contributed by atoms with Gasteiger partial charge >= 0.3 is 0 Å². The van der Waals surface area contributed by atoms with Crippen LogP contribution < -0.4 is 10.6 Å². The van der Waals surface area contributed by atoms with Crippen LogP contribution in [-0.4, -0.2) is 46.7 Å². The first-order valence-corrected chi connectivity index (χ1v) is 11.4. The lowest BCUT2D eigenvalue weighted by atomic mass is 9.85. The maximum Gasteiger partial charge on any atom is 0.275 e. The Bertz CT molecular complexity index is 1690. The average molecular weight is 497 g/mol. The third-order valence-corrected chi connectivity index (χ3v) is 6.29. The highest BCUT2D eigenvalue weighted by Gasteiger charge is 2.44. The van der Waals surface area contributed by atoms with Crippen LogP contribution in [0.25, 0.3) is 22.6 Å². The van der Waals surface area contributed by atoms with Crippen LogP contribution in [0.4, 0.5) is 16.0 Å². The molecule has 5 heterocycles. The summed E-state index contributed by atoms with van der Waals surface area (Å²) >= 11 is 0. The first kappa shape index (κ1) is 22.5. The zero-order valence-electron chi connectivity index (χ0n) is 19.8. The van der Waals surface area contributed by atoms with Crippen molar-refractivity contribution in [2.75, 3.05) is 10.6 Å². The van der Waals surface area contributed by atoms with Crippen molar-refractivity contribution in [1.82, 2.24) is 34.9 Å². The van der Waals surface area contributed by atoms with Crippen LogP contribution in [0.3, 0.4) is 0 Å².